The highest BCUT2D eigenvalue weighted by molar-refractivity contribution is 7.18. The van der Waals surface area contributed by atoms with Crippen molar-refractivity contribution < 1.29 is 9.59 Å². The van der Waals surface area contributed by atoms with Crippen molar-refractivity contribution in [1.29, 1.82) is 0 Å². The summed E-state index contributed by atoms with van der Waals surface area (Å²) in [6, 6.07) is 9.14. The van der Waals surface area contributed by atoms with Crippen LogP contribution in [-0.2, 0) is 9.59 Å². The van der Waals surface area contributed by atoms with E-state index in [1.54, 1.807) is 0 Å². The number of amides is 2. The smallest absolute Gasteiger partial charge is 0.249 e. The molecule has 132 valence electrons. The van der Waals surface area contributed by atoms with E-state index in [0.717, 1.165) is 29.8 Å². The molecular weight excluding hydrogens is 336 g/mol. The molecule has 0 saturated heterocycles. The number of hydrogen-bond acceptors (Lipinski definition) is 5. The zero-order valence-corrected chi connectivity index (χ0v) is 15.2. The van der Waals surface area contributed by atoms with Gasteiger partial charge in [-0.25, -0.2) is 0 Å². The van der Waals surface area contributed by atoms with Gasteiger partial charge >= 0.3 is 0 Å². The van der Waals surface area contributed by atoms with Crippen LogP contribution in [-0.4, -0.2) is 28.1 Å². The molecule has 2 amide bonds. The molecule has 1 aliphatic carbocycles. The molecule has 25 heavy (non-hydrogen) atoms. The highest BCUT2D eigenvalue weighted by Gasteiger charge is 2.34. The molecule has 6 nitrogen and oxygen atoms in total. The summed E-state index contributed by atoms with van der Waals surface area (Å²) in [4.78, 5) is 24.7. The van der Waals surface area contributed by atoms with E-state index < -0.39 is 6.04 Å². The first-order valence-corrected chi connectivity index (χ1v) is 9.40. The zero-order chi connectivity index (χ0) is 17.8. The summed E-state index contributed by atoms with van der Waals surface area (Å²) in [5.74, 6) is -0.142. The quantitative estimate of drug-likeness (QED) is 0.797. The van der Waals surface area contributed by atoms with E-state index in [2.05, 4.69) is 20.8 Å². The minimum atomic E-state index is -0.554. The number of carbonyl (C=O) groups excluding carboxylic acids is 2. The Kier molecular flexibility index (Phi) is 5.43. The van der Waals surface area contributed by atoms with Gasteiger partial charge in [0.2, 0.25) is 16.9 Å². The minimum absolute atomic E-state index is 0.0253. The van der Waals surface area contributed by atoms with Crippen molar-refractivity contribution in [3.8, 4) is 10.6 Å². The fourth-order valence-corrected chi connectivity index (χ4v) is 3.22. The van der Waals surface area contributed by atoms with Crippen molar-refractivity contribution in [2.75, 3.05) is 5.32 Å². The molecule has 1 heterocycles. The van der Waals surface area contributed by atoms with E-state index in [4.69, 9.17) is 0 Å². The Balaban J connectivity index is 1.68. The van der Waals surface area contributed by atoms with Gasteiger partial charge in [-0.3, -0.25) is 14.9 Å². The second-order valence-corrected chi connectivity index (χ2v) is 7.39. The Morgan fingerprint density at radius 2 is 1.96 bits per heavy atom. The molecule has 0 aliphatic heterocycles. The molecule has 7 heteroatoms. The van der Waals surface area contributed by atoms with Crippen molar-refractivity contribution in [2.24, 2.45) is 11.8 Å². The van der Waals surface area contributed by atoms with Crippen LogP contribution in [0, 0.1) is 11.8 Å². The maximum Gasteiger partial charge on any atom is 0.249 e. The van der Waals surface area contributed by atoms with Gasteiger partial charge in [-0.15, -0.1) is 10.2 Å². The third-order valence-electron chi connectivity index (χ3n) is 4.42. The summed E-state index contributed by atoms with van der Waals surface area (Å²) in [7, 11) is 0. The molecule has 2 aromatic rings. The number of nitrogens with one attached hydrogen (secondary N) is 2. The lowest BCUT2D eigenvalue weighted by Gasteiger charge is -2.22. The van der Waals surface area contributed by atoms with Crippen LogP contribution in [0.25, 0.3) is 10.6 Å². The molecule has 2 N–H and O–H groups in total. The van der Waals surface area contributed by atoms with E-state index in [1.807, 2.05) is 44.2 Å². The Morgan fingerprint density at radius 3 is 2.60 bits per heavy atom. The molecule has 0 bridgehead atoms. The average Bonchev–Trinajstić information content (AvgIpc) is 3.39. The van der Waals surface area contributed by atoms with Gasteiger partial charge in [0.25, 0.3) is 0 Å². The van der Waals surface area contributed by atoms with Crippen LogP contribution in [0.4, 0.5) is 5.13 Å². The SMILES string of the molecule is CC[C@H](C)[C@@H](NC(=O)C1CC1)C(=O)Nc1nnc(-c2ccccc2)s1. The van der Waals surface area contributed by atoms with Gasteiger partial charge in [-0.05, 0) is 18.8 Å². The summed E-state index contributed by atoms with van der Waals surface area (Å²) in [5, 5.41) is 15.1. The Morgan fingerprint density at radius 1 is 1.24 bits per heavy atom. The predicted octanol–water partition coefficient (Wildman–Crippen LogP) is 3.08. The van der Waals surface area contributed by atoms with Crippen LogP contribution in [0.2, 0.25) is 0 Å². The third-order valence-corrected chi connectivity index (χ3v) is 5.30. The van der Waals surface area contributed by atoms with Gasteiger partial charge in [-0.2, -0.15) is 0 Å². The Bertz CT molecular complexity index is 743. The number of hydrogen-bond donors (Lipinski definition) is 2. The monoisotopic (exact) mass is 358 g/mol. The topological polar surface area (TPSA) is 84.0 Å². The van der Waals surface area contributed by atoms with Crippen LogP contribution < -0.4 is 10.6 Å². The van der Waals surface area contributed by atoms with E-state index >= 15 is 0 Å². The molecule has 0 spiro atoms. The van der Waals surface area contributed by atoms with E-state index in [-0.39, 0.29) is 23.7 Å². The first-order chi connectivity index (χ1) is 12.1. The fraction of sp³-hybridized carbons (Fsp3) is 0.444. The number of carbonyl (C=O) groups is 2. The van der Waals surface area contributed by atoms with Crippen LogP contribution >= 0.6 is 11.3 Å². The average molecular weight is 358 g/mol. The van der Waals surface area contributed by atoms with E-state index in [0.29, 0.717) is 5.13 Å². The number of benzene rings is 1. The molecule has 1 aromatic heterocycles. The van der Waals surface area contributed by atoms with E-state index in [1.165, 1.54) is 11.3 Å². The van der Waals surface area contributed by atoms with Crippen molar-refractivity contribution in [3.05, 3.63) is 30.3 Å². The van der Waals surface area contributed by atoms with Crippen LogP contribution in [0.5, 0.6) is 0 Å². The lowest BCUT2D eigenvalue weighted by atomic mass is 9.98. The molecule has 1 aliphatic rings. The van der Waals surface area contributed by atoms with Gasteiger partial charge in [0.1, 0.15) is 11.0 Å². The zero-order valence-electron chi connectivity index (χ0n) is 14.4. The van der Waals surface area contributed by atoms with Crippen molar-refractivity contribution >= 4 is 28.3 Å². The lowest BCUT2D eigenvalue weighted by Crippen LogP contribution is -2.48. The second-order valence-electron chi connectivity index (χ2n) is 6.41. The maximum atomic E-state index is 12.7. The lowest BCUT2D eigenvalue weighted by molar-refractivity contribution is -0.128. The standard InChI is InChI=1S/C18H22N4O2S/c1-3-11(2)14(19-15(23)12-9-10-12)16(24)20-18-22-21-17(25-18)13-7-5-4-6-8-13/h4-8,11-12,14H,3,9-10H2,1-2H3,(H,19,23)(H,20,22,24)/t11-,14+/m0/s1. The number of rotatable bonds is 7. The van der Waals surface area contributed by atoms with Crippen LogP contribution in [0.1, 0.15) is 33.1 Å². The first kappa shape index (κ1) is 17.5. The molecule has 0 radical (unpaired) electrons. The Labute approximate surface area is 151 Å². The van der Waals surface area contributed by atoms with Crippen LogP contribution in [0.3, 0.4) is 0 Å². The fourth-order valence-electron chi connectivity index (χ4n) is 2.47. The summed E-state index contributed by atoms with van der Waals surface area (Å²) in [6.07, 6.45) is 2.63. The molecule has 1 fully saturated rings. The molecular formula is C18H22N4O2S. The largest absolute Gasteiger partial charge is 0.344 e. The van der Waals surface area contributed by atoms with Gasteiger partial charge < -0.3 is 5.32 Å². The van der Waals surface area contributed by atoms with E-state index in [9.17, 15) is 9.59 Å². The summed E-state index contributed by atoms with van der Waals surface area (Å²) in [6.45, 7) is 3.97. The maximum absolute atomic E-state index is 12.7. The van der Waals surface area contributed by atoms with Gasteiger partial charge in [0.15, 0.2) is 0 Å². The van der Waals surface area contributed by atoms with Gasteiger partial charge in [-0.1, -0.05) is 61.9 Å². The van der Waals surface area contributed by atoms with Crippen molar-refractivity contribution in [2.45, 2.75) is 39.2 Å². The first-order valence-electron chi connectivity index (χ1n) is 8.58. The Hall–Kier alpha value is -2.28. The normalized spacial score (nSPS) is 16.1. The third kappa shape index (κ3) is 4.42. The molecule has 1 aromatic carbocycles. The molecule has 3 rings (SSSR count). The van der Waals surface area contributed by atoms with Crippen molar-refractivity contribution in [1.82, 2.24) is 15.5 Å². The van der Waals surface area contributed by atoms with Gasteiger partial charge in [0, 0.05) is 11.5 Å². The number of anilines is 1. The molecule has 0 unspecified atom stereocenters. The molecule has 1 saturated carbocycles. The number of nitrogens with zero attached hydrogens (tertiary/aromatic N) is 2. The molecule has 2 atom stereocenters. The van der Waals surface area contributed by atoms with Gasteiger partial charge in [0.05, 0.1) is 0 Å². The highest BCUT2D eigenvalue weighted by Crippen LogP contribution is 2.30. The minimum Gasteiger partial charge on any atom is -0.344 e. The van der Waals surface area contributed by atoms with Crippen LogP contribution in [0.15, 0.2) is 30.3 Å². The van der Waals surface area contributed by atoms with Crippen molar-refractivity contribution in [3.63, 3.8) is 0 Å². The number of aromatic nitrogens is 2. The summed E-state index contributed by atoms with van der Waals surface area (Å²) in [5.41, 5.74) is 0.959. The summed E-state index contributed by atoms with van der Waals surface area (Å²) >= 11 is 1.32. The second kappa shape index (κ2) is 7.74. The highest BCUT2D eigenvalue weighted by atomic mass is 32.1. The summed E-state index contributed by atoms with van der Waals surface area (Å²) < 4.78 is 0. The predicted molar refractivity (Wildman–Crippen MR) is 98.1 cm³/mol.